The molecule has 3 aromatic rings. The molecule has 1 N–H and O–H groups in total. The first-order valence-corrected chi connectivity index (χ1v) is 11.5. The third-order valence-corrected chi connectivity index (χ3v) is 7.52. The highest BCUT2D eigenvalue weighted by atomic mass is 32.2. The van der Waals surface area contributed by atoms with Gasteiger partial charge in [0.25, 0.3) is 6.47 Å². The number of hydrogen-bond acceptors (Lipinski definition) is 5. The van der Waals surface area contributed by atoms with E-state index in [4.69, 9.17) is 14.6 Å². The molecular formula is C22H27N3O5S. The smallest absolute Gasteiger partial charge is 0.290 e. The van der Waals surface area contributed by atoms with Crippen molar-refractivity contribution < 1.29 is 23.1 Å². The fourth-order valence-corrected chi connectivity index (χ4v) is 5.07. The quantitative estimate of drug-likeness (QED) is 0.606. The number of aromatic nitrogens is 2. The Balaban J connectivity index is 0.000000858. The van der Waals surface area contributed by atoms with E-state index in [1.165, 1.54) is 15.3 Å². The SMILES string of the molecule is Cc1ccc(-c2nccn2[C@@H]2COC[C@@H]2CS(=O)(=O)N(C)C)c2ccccc12.O=CO. The van der Waals surface area contributed by atoms with Gasteiger partial charge in [-0.05, 0) is 23.3 Å². The van der Waals surface area contributed by atoms with E-state index < -0.39 is 10.0 Å². The predicted molar refractivity (Wildman–Crippen MR) is 119 cm³/mol. The molecule has 0 spiro atoms. The van der Waals surface area contributed by atoms with Crippen molar-refractivity contribution in [3.63, 3.8) is 0 Å². The lowest BCUT2D eigenvalue weighted by atomic mass is 9.99. The van der Waals surface area contributed by atoms with Crippen molar-refractivity contribution in [2.24, 2.45) is 5.92 Å². The van der Waals surface area contributed by atoms with Crippen LogP contribution in [0.1, 0.15) is 11.6 Å². The van der Waals surface area contributed by atoms with E-state index in [0.717, 1.165) is 16.8 Å². The van der Waals surface area contributed by atoms with Crippen LogP contribution in [0.2, 0.25) is 0 Å². The van der Waals surface area contributed by atoms with Crippen LogP contribution in [0, 0.1) is 12.8 Å². The van der Waals surface area contributed by atoms with Crippen LogP contribution in [-0.4, -0.2) is 66.9 Å². The van der Waals surface area contributed by atoms with Crippen molar-refractivity contribution in [3.8, 4) is 11.4 Å². The zero-order valence-corrected chi connectivity index (χ0v) is 18.6. The number of rotatable bonds is 5. The van der Waals surface area contributed by atoms with Gasteiger partial charge in [-0.1, -0.05) is 36.4 Å². The van der Waals surface area contributed by atoms with Crippen molar-refractivity contribution in [3.05, 3.63) is 54.4 Å². The second kappa shape index (κ2) is 9.59. The molecule has 1 aliphatic heterocycles. The summed E-state index contributed by atoms with van der Waals surface area (Å²) in [7, 11) is -0.162. The van der Waals surface area contributed by atoms with E-state index >= 15 is 0 Å². The van der Waals surface area contributed by atoms with Crippen LogP contribution in [0.5, 0.6) is 0 Å². The molecule has 9 heteroatoms. The first kappa shape index (κ1) is 22.9. The molecule has 0 radical (unpaired) electrons. The topological polar surface area (TPSA) is 102 Å². The van der Waals surface area contributed by atoms with Crippen molar-refractivity contribution in [1.82, 2.24) is 13.9 Å². The first-order chi connectivity index (χ1) is 14.8. The summed E-state index contributed by atoms with van der Waals surface area (Å²) in [6.45, 7) is 2.77. The standard InChI is InChI=1S/C21H25N3O3S.CH2O2/c1-15-8-9-19(18-7-5-4-6-17(15)18)21-22-10-11-24(21)20-13-27-12-16(20)14-28(25,26)23(2)3;2-1-3/h4-11,16,20H,12-14H2,1-3H3;1H,(H,2,3)/t16-,20-;/m1./s1. The number of carboxylic acid groups (broad SMARTS) is 1. The molecule has 0 amide bonds. The minimum absolute atomic E-state index is 0.0627. The van der Waals surface area contributed by atoms with Gasteiger partial charge in [0.1, 0.15) is 5.82 Å². The van der Waals surface area contributed by atoms with Crippen molar-refractivity contribution in [2.45, 2.75) is 13.0 Å². The molecule has 0 unspecified atom stereocenters. The van der Waals surface area contributed by atoms with Gasteiger partial charge < -0.3 is 14.4 Å². The van der Waals surface area contributed by atoms with Gasteiger partial charge in [-0.2, -0.15) is 0 Å². The van der Waals surface area contributed by atoms with Gasteiger partial charge in [0, 0.05) is 38.0 Å². The lowest BCUT2D eigenvalue weighted by molar-refractivity contribution is -0.122. The Hall–Kier alpha value is -2.75. The van der Waals surface area contributed by atoms with Gasteiger partial charge >= 0.3 is 0 Å². The molecule has 1 aliphatic rings. The molecule has 166 valence electrons. The number of sulfonamides is 1. The summed E-state index contributed by atoms with van der Waals surface area (Å²) in [6.07, 6.45) is 3.71. The van der Waals surface area contributed by atoms with Crippen LogP contribution in [-0.2, 0) is 19.6 Å². The van der Waals surface area contributed by atoms with E-state index in [0.29, 0.717) is 13.2 Å². The molecule has 2 atom stereocenters. The van der Waals surface area contributed by atoms with E-state index in [9.17, 15) is 8.42 Å². The summed E-state index contributed by atoms with van der Waals surface area (Å²) in [5.41, 5.74) is 2.27. The van der Waals surface area contributed by atoms with Crippen molar-refractivity contribution in [2.75, 3.05) is 33.1 Å². The first-order valence-electron chi connectivity index (χ1n) is 9.87. The molecule has 31 heavy (non-hydrogen) atoms. The zero-order chi connectivity index (χ0) is 22.6. The highest BCUT2D eigenvalue weighted by molar-refractivity contribution is 7.89. The highest BCUT2D eigenvalue weighted by Crippen LogP contribution is 2.35. The van der Waals surface area contributed by atoms with Crippen LogP contribution in [0.4, 0.5) is 0 Å². The molecule has 1 fully saturated rings. The van der Waals surface area contributed by atoms with E-state index in [1.54, 1.807) is 20.3 Å². The average molecular weight is 446 g/mol. The zero-order valence-electron chi connectivity index (χ0n) is 17.8. The number of benzene rings is 2. The van der Waals surface area contributed by atoms with E-state index in [2.05, 4.69) is 40.7 Å². The summed E-state index contributed by atoms with van der Waals surface area (Å²) in [5.74, 6) is 0.799. The van der Waals surface area contributed by atoms with Crippen LogP contribution >= 0.6 is 0 Å². The van der Waals surface area contributed by atoms with Crippen LogP contribution in [0.3, 0.4) is 0 Å². The number of fused-ring (bicyclic) bond motifs is 1. The molecule has 1 saturated heterocycles. The molecule has 0 bridgehead atoms. The maximum Gasteiger partial charge on any atom is 0.290 e. The molecule has 0 saturated carbocycles. The number of hydrogen-bond donors (Lipinski definition) is 1. The van der Waals surface area contributed by atoms with E-state index in [1.807, 2.05) is 18.3 Å². The number of nitrogens with zero attached hydrogens (tertiary/aromatic N) is 3. The molecule has 2 heterocycles. The van der Waals surface area contributed by atoms with Crippen LogP contribution < -0.4 is 0 Å². The Bertz CT molecular complexity index is 1160. The van der Waals surface area contributed by atoms with Crippen LogP contribution in [0.15, 0.2) is 48.8 Å². The third-order valence-electron chi connectivity index (χ3n) is 5.55. The van der Waals surface area contributed by atoms with Gasteiger partial charge in [0.2, 0.25) is 10.0 Å². The molecule has 0 aliphatic carbocycles. The largest absolute Gasteiger partial charge is 0.483 e. The summed E-state index contributed by atoms with van der Waals surface area (Å²) >= 11 is 0. The van der Waals surface area contributed by atoms with Gasteiger partial charge in [0.15, 0.2) is 0 Å². The molecular weight excluding hydrogens is 418 g/mol. The summed E-state index contributed by atoms with van der Waals surface area (Å²) in [4.78, 5) is 13.0. The van der Waals surface area contributed by atoms with Gasteiger partial charge in [-0.3, -0.25) is 4.79 Å². The molecule has 1 aromatic heterocycles. The van der Waals surface area contributed by atoms with Gasteiger partial charge in [0.05, 0.1) is 25.0 Å². The van der Waals surface area contributed by atoms with E-state index in [-0.39, 0.29) is 24.2 Å². The monoisotopic (exact) mass is 445 g/mol. The maximum atomic E-state index is 12.4. The Morgan fingerprint density at radius 3 is 2.55 bits per heavy atom. The Morgan fingerprint density at radius 1 is 1.19 bits per heavy atom. The fourth-order valence-electron chi connectivity index (χ4n) is 3.91. The second-order valence-corrected chi connectivity index (χ2v) is 9.89. The normalized spacial score (nSPS) is 18.7. The predicted octanol–water partition coefficient (Wildman–Crippen LogP) is 2.79. The minimum atomic E-state index is -3.30. The fraction of sp³-hybridized carbons (Fsp3) is 0.364. The number of carbonyl (C=O) groups is 1. The second-order valence-electron chi connectivity index (χ2n) is 7.66. The Kier molecular flexibility index (Phi) is 7.09. The number of ether oxygens (including phenoxy) is 1. The summed E-state index contributed by atoms with van der Waals surface area (Å²) < 4.78 is 33.9. The molecule has 8 nitrogen and oxygen atoms in total. The molecule has 4 rings (SSSR count). The molecule has 2 aromatic carbocycles. The Labute approximate surface area is 182 Å². The highest BCUT2D eigenvalue weighted by Gasteiger charge is 2.35. The number of aryl methyl sites for hydroxylation is 1. The number of imidazole rings is 1. The third kappa shape index (κ3) is 4.79. The van der Waals surface area contributed by atoms with Crippen molar-refractivity contribution in [1.29, 1.82) is 0 Å². The maximum absolute atomic E-state index is 12.4. The van der Waals surface area contributed by atoms with Crippen LogP contribution in [0.25, 0.3) is 22.2 Å². The summed E-state index contributed by atoms with van der Waals surface area (Å²) in [5, 5.41) is 9.23. The lowest BCUT2D eigenvalue weighted by Crippen LogP contribution is -2.32. The lowest BCUT2D eigenvalue weighted by Gasteiger charge is -2.23. The summed E-state index contributed by atoms with van der Waals surface area (Å²) in [6, 6.07) is 12.4. The van der Waals surface area contributed by atoms with Gasteiger partial charge in [-0.25, -0.2) is 17.7 Å². The average Bonchev–Trinajstić information content (AvgIpc) is 3.38. The Morgan fingerprint density at radius 2 is 1.87 bits per heavy atom. The van der Waals surface area contributed by atoms with Crippen molar-refractivity contribution >= 4 is 27.3 Å². The minimum Gasteiger partial charge on any atom is -0.483 e. The van der Waals surface area contributed by atoms with Gasteiger partial charge in [-0.15, -0.1) is 0 Å².